The third kappa shape index (κ3) is 5.64. The van der Waals surface area contributed by atoms with E-state index < -0.39 is 17.8 Å². The summed E-state index contributed by atoms with van der Waals surface area (Å²) in [4.78, 5) is 37.8. The summed E-state index contributed by atoms with van der Waals surface area (Å²) in [6.45, 7) is 0.174. The van der Waals surface area contributed by atoms with Crippen LogP contribution in [0.1, 0.15) is 18.4 Å². The fourth-order valence-electron chi connectivity index (χ4n) is 3.18. The number of anilines is 1. The number of nitrogens with one attached hydrogen (secondary N) is 1. The summed E-state index contributed by atoms with van der Waals surface area (Å²) in [5.74, 6) is -1.26. The van der Waals surface area contributed by atoms with E-state index in [9.17, 15) is 14.4 Å². The monoisotopic (exact) mass is 504 g/mol. The first-order valence-corrected chi connectivity index (χ1v) is 10.8. The minimum Gasteiger partial charge on any atom is -0.496 e. The first kappa shape index (κ1) is 25.0. The highest BCUT2D eigenvalue weighted by Crippen LogP contribution is 2.36. The summed E-state index contributed by atoms with van der Waals surface area (Å²) >= 11 is 11.1. The molecule has 0 aromatic heterocycles. The first-order chi connectivity index (χ1) is 16.2. The zero-order valence-electron chi connectivity index (χ0n) is 18.3. The third-order valence-corrected chi connectivity index (χ3v) is 5.33. The lowest BCUT2D eigenvalue weighted by Gasteiger charge is -2.29. The van der Waals surface area contributed by atoms with Gasteiger partial charge in [0.25, 0.3) is 11.8 Å². The summed E-state index contributed by atoms with van der Waals surface area (Å²) < 4.78 is 16.5. The summed E-state index contributed by atoms with van der Waals surface area (Å²) in [6, 6.07) is 9.55. The van der Waals surface area contributed by atoms with Crippen molar-refractivity contribution in [2.45, 2.75) is 12.8 Å². The number of methoxy groups -OCH3 is 2. The van der Waals surface area contributed by atoms with Gasteiger partial charge < -0.3 is 19.3 Å². The van der Waals surface area contributed by atoms with Gasteiger partial charge in [-0.05, 0) is 49.0 Å². The van der Waals surface area contributed by atoms with Crippen LogP contribution in [0.4, 0.5) is 5.69 Å². The quantitative estimate of drug-likeness (QED) is 0.231. The van der Waals surface area contributed by atoms with E-state index in [-0.39, 0.29) is 35.2 Å². The molecule has 3 rings (SSSR count). The Morgan fingerprint density at radius 3 is 2.32 bits per heavy atom. The van der Waals surface area contributed by atoms with Crippen LogP contribution in [-0.4, -0.2) is 48.8 Å². The van der Waals surface area contributed by atoms with Crippen molar-refractivity contribution in [1.82, 2.24) is 5.32 Å². The number of rotatable bonds is 9. The number of amides is 2. The van der Waals surface area contributed by atoms with E-state index in [4.69, 9.17) is 43.1 Å². The minimum atomic E-state index is -0.914. The number of nitrogens with zero attached hydrogens (tertiary/aromatic N) is 1. The Balaban J connectivity index is 1.96. The van der Waals surface area contributed by atoms with Crippen LogP contribution in [0.25, 0.3) is 6.08 Å². The van der Waals surface area contributed by atoms with E-state index in [0.29, 0.717) is 28.4 Å². The predicted octanol–water partition coefficient (Wildman–Crippen LogP) is 3.43. The Kier molecular flexibility index (Phi) is 8.08. The lowest BCUT2D eigenvalue weighted by atomic mass is 10.0. The maximum atomic E-state index is 13.3. The van der Waals surface area contributed by atoms with Crippen LogP contribution < -0.4 is 24.4 Å². The number of halogens is 1. The molecule has 0 atom stereocenters. The summed E-state index contributed by atoms with van der Waals surface area (Å²) in [5, 5.41) is 11.7. The van der Waals surface area contributed by atoms with Crippen molar-refractivity contribution >= 4 is 58.5 Å². The number of thiocarbonyl (C=S) groups is 1. The van der Waals surface area contributed by atoms with Gasteiger partial charge in [0.05, 0.1) is 32.1 Å². The number of benzene rings is 2. The van der Waals surface area contributed by atoms with Gasteiger partial charge in [0.1, 0.15) is 22.8 Å². The highest BCUT2D eigenvalue weighted by molar-refractivity contribution is 7.80. The number of aliphatic carboxylic acids is 1. The summed E-state index contributed by atoms with van der Waals surface area (Å²) in [6.07, 6.45) is 1.65. The van der Waals surface area contributed by atoms with E-state index in [1.165, 1.54) is 25.2 Å². The van der Waals surface area contributed by atoms with Crippen molar-refractivity contribution in [3.63, 3.8) is 0 Å². The second kappa shape index (κ2) is 11.0. The van der Waals surface area contributed by atoms with Crippen LogP contribution in [-0.2, 0) is 14.4 Å². The van der Waals surface area contributed by atoms with Crippen LogP contribution in [0.5, 0.6) is 17.2 Å². The normalized spacial score (nSPS) is 14.7. The molecule has 0 bridgehead atoms. The summed E-state index contributed by atoms with van der Waals surface area (Å²) in [7, 11) is 2.84. The van der Waals surface area contributed by atoms with Crippen LogP contribution >= 0.6 is 23.8 Å². The zero-order chi connectivity index (χ0) is 24.8. The number of ether oxygens (including phenoxy) is 3. The zero-order valence-corrected chi connectivity index (χ0v) is 19.9. The van der Waals surface area contributed by atoms with E-state index >= 15 is 0 Å². The highest BCUT2D eigenvalue weighted by atomic mass is 35.5. The molecule has 178 valence electrons. The molecule has 1 aliphatic heterocycles. The molecule has 1 fully saturated rings. The molecule has 0 spiro atoms. The second-order valence-electron chi connectivity index (χ2n) is 7.02. The van der Waals surface area contributed by atoms with Crippen molar-refractivity contribution in [3.05, 3.63) is 52.6 Å². The van der Waals surface area contributed by atoms with E-state index in [1.807, 2.05) is 0 Å². The number of carboxylic acids is 1. The molecular formula is C23H21ClN2O7S. The van der Waals surface area contributed by atoms with E-state index in [1.54, 1.807) is 36.4 Å². The molecule has 0 unspecified atom stereocenters. The molecule has 11 heteroatoms. The molecule has 1 heterocycles. The standard InChI is InChI=1S/C23H21ClN2O7S/c1-31-18-10-15(33-9-3-4-20(27)28)11-19(32-2)16(18)12-17-21(29)25-23(34)26(22(17)30)14-7-5-13(24)6-8-14/h5-8,10-12H,3-4,9H2,1-2H3,(H,27,28)(H,25,29,34)/b17-12-. The molecule has 0 aliphatic carbocycles. The van der Waals surface area contributed by atoms with Crippen molar-refractivity contribution < 1.29 is 33.7 Å². The fraction of sp³-hybridized carbons (Fsp3) is 0.217. The Bertz CT molecular complexity index is 1140. The Hall–Kier alpha value is -3.63. The molecule has 0 saturated carbocycles. The molecule has 2 N–H and O–H groups in total. The average molecular weight is 505 g/mol. The molecule has 9 nitrogen and oxygen atoms in total. The smallest absolute Gasteiger partial charge is 0.303 e. The Labute approximate surface area is 205 Å². The minimum absolute atomic E-state index is 0.0261. The van der Waals surface area contributed by atoms with Gasteiger partial charge in [-0.2, -0.15) is 0 Å². The molecule has 1 aliphatic rings. The molecule has 34 heavy (non-hydrogen) atoms. The van der Waals surface area contributed by atoms with Gasteiger partial charge in [0, 0.05) is 23.6 Å². The van der Waals surface area contributed by atoms with Gasteiger partial charge in [0.15, 0.2) is 5.11 Å². The number of carboxylic acid groups (broad SMARTS) is 1. The predicted molar refractivity (Wildman–Crippen MR) is 130 cm³/mol. The van der Waals surface area contributed by atoms with Gasteiger partial charge in [0.2, 0.25) is 0 Å². The number of hydrogen-bond acceptors (Lipinski definition) is 7. The van der Waals surface area contributed by atoms with Crippen LogP contribution in [0.2, 0.25) is 5.02 Å². The summed E-state index contributed by atoms with van der Waals surface area (Å²) in [5.41, 5.74) is 0.592. The van der Waals surface area contributed by atoms with Crippen LogP contribution in [0, 0.1) is 0 Å². The molecule has 1 saturated heterocycles. The van der Waals surface area contributed by atoms with Gasteiger partial charge >= 0.3 is 5.97 Å². The topological polar surface area (TPSA) is 114 Å². The van der Waals surface area contributed by atoms with Crippen molar-refractivity contribution in [2.24, 2.45) is 0 Å². The third-order valence-electron chi connectivity index (χ3n) is 4.80. The van der Waals surface area contributed by atoms with E-state index in [0.717, 1.165) is 0 Å². The van der Waals surface area contributed by atoms with Crippen LogP contribution in [0.15, 0.2) is 42.0 Å². The number of hydrogen-bond donors (Lipinski definition) is 2. The van der Waals surface area contributed by atoms with E-state index in [2.05, 4.69) is 5.32 Å². The molecule has 2 aromatic carbocycles. The van der Waals surface area contributed by atoms with Gasteiger partial charge in [-0.15, -0.1) is 0 Å². The fourth-order valence-corrected chi connectivity index (χ4v) is 3.59. The molecule has 2 amide bonds. The maximum Gasteiger partial charge on any atom is 0.303 e. The van der Waals surface area contributed by atoms with Gasteiger partial charge in [-0.3, -0.25) is 24.6 Å². The molecule has 0 radical (unpaired) electrons. The first-order valence-electron chi connectivity index (χ1n) is 10.0. The Morgan fingerprint density at radius 2 is 1.76 bits per heavy atom. The second-order valence-corrected chi connectivity index (χ2v) is 7.84. The van der Waals surface area contributed by atoms with Gasteiger partial charge in [-0.25, -0.2) is 0 Å². The largest absolute Gasteiger partial charge is 0.496 e. The SMILES string of the molecule is COc1cc(OCCCC(=O)O)cc(OC)c1/C=C1/C(=O)NC(=S)N(c2ccc(Cl)cc2)C1=O. The van der Waals surface area contributed by atoms with Crippen molar-refractivity contribution in [3.8, 4) is 17.2 Å². The molecule has 2 aromatic rings. The van der Waals surface area contributed by atoms with Gasteiger partial charge in [-0.1, -0.05) is 11.6 Å². The number of carbonyl (C=O) groups is 3. The molecular weight excluding hydrogens is 484 g/mol. The Morgan fingerprint density at radius 1 is 1.15 bits per heavy atom. The maximum absolute atomic E-state index is 13.3. The highest BCUT2D eigenvalue weighted by Gasteiger charge is 2.35. The lowest BCUT2D eigenvalue weighted by Crippen LogP contribution is -2.54. The van der Waals surface area contributed by atoms with Crippen LogP contribution in [0.3, 0.4) is 0 Å². The van der Waals surface area contributed by atoms with Crippen molar-refractivity contribution in [2.75, 3.05) is 25.7 Å². The average Bonchev–Trinajstić information content (AvgIpc) is 2.80. The lowest BCUT2D eigenvalue weighted by molar-refractivity contribution is -0.137. The number of carbonyl (C=O) groups excluding carboxylic acids is 2. The van der Waals surface area contributed by atoms with Crippen molar-refractivity contribution in [1.29, 1.82) is 0 Å².